The van der Waals surface area contributed by atoms with Crippen LogP contribution in [0.15, 0.2) is 23.2 Å². The Labute approximate surface area is 158 Å². The zero-order chi connectivity index (χ0) is 16.8. The molecule has 1 atom stereocenters. The summed E-state index contributed by atoms with van der Waals surface area (Å²) in [5.74, 6) is -0.319. The molecule has 1 fully saturated rings. The number of primary amides is 1. The van der Waals surface area contributed by atoms with Gasteiger partial charge in [-0.2, -0.15) is 0 Å². The van der Waals surface area contributed by atoms with Crippen LogP contribution in [-0.4, -0.2) is 42.0 Å². The molecule has 134 valence electrons. The minimum absolute atomic E-state index is 0. The van der Waals surface area contributed by atoms with E-state index in [1.165, 1.54) is 12.1 Å². The summed E-state index contributed by atoms with van der Waals surface area (Å²) in [6, 6.07) is 4.28. The highest BCUT2D eigenvalue weighted by atomic mass is 127. The van der Waals surface area contributed by atoms with Gasteiger partial charge in [-0.3, -0.25) is 9.79 Å². The van der Waals surface area contributed by atoms with Crippen LogP contribution in [0.3, 0.4) is 0 Å². The third kappa shape index (κ3) is 5.81. The Morgan fingerprint density at radius 2 is 2.29 bits per heavy atom. The summed E-state index contributed by atoms with van der Waals surface area (Å²) in [6.45, 7) is 1.99. The molecular weight excluding hydrogens is 426 g/mol. The van der Waals surface area contributed by atoms with Gasteiger partial charge in [0.2, 0.25) is 5.91 Å². The van der Waals surface area contributed by atoms with Crippen molar-refractivity contribution in [2.24, 2.45) is 16.6 Å². The van der Waals surface area contributed by atoms with Crippen LogP contribution in [0.2, 0.25) is 0 Å². The number of benzene rings is 1. The highest BCUT2D eigenvalue weighted by Crippen LogP contribution is 2.20. The molecule has 4 N–H and O–H groups in total. The lowest BCUT2D eigenvalue weighted by atomic mass is 9.95. The van der Waals surface area contributed by atoms with Gasteiger partial charge < -0.3 is 21.1 Å². The Morgan fingerprint density at radius 1 is 1.54 bits per heavy atom. The molecule has 0 aliphatic carbocycles. The van der Waals surface area contributed by atoms with Gasteiger partial charge in [0.15, 0.2) is 17.5 Å². The molecule has 0 saturated carbocycles. The molecule has 0 spiro atoms. The number of phenols is 1. The van der Waals surface area contributed by atoms with Crippen LogP contribution < -0.4 is 11.1 Å². The molecule has 0 aromatic heterocycles. The molecule has 1 aromatic carbocycles. The minimum atomic E-state index is -0.640. The second-order valence-electron chi connectivity index (χ2n) is 5.81. The summed E-state index contributed by atoms with van der Waals surface area (Å²) in [4.78, 5) is 17.4. The molecule has 1 unspecified atom stereocenters. The van der Waals surface area contributed by atoms with Crippen molar-refractivity contribution >= 4 is 35.8 Å². The number of likely N-dealkylation sites (tertiary alicyclic amines) is 1. The number of nitrogens with zero attached hydrogens (tertiary/aromatic N) is 2. The van der Waals surface area contributed by atoms with Gasteiger partial charge in [-0.05, 0) is 36.5 Å². The predicted octanol–water partition coefficient (Wildman–Crippen LogP) is 1.81. The van der Waals surface area contributed by atoms with Gasteiger partial charge >= 0.3 is 0 Å². The van der Waals surface area contributed by atoms with Crippen LogP contribution in [0.25, 0.3) is 0 Å². The lowest BCUT2D eigenvalue weighted by Gasteiger charge is -2.34. The van der Waals surface area contributed by atoms with Crippen molar-refractivity contribution in [1.82, 2.24) is 10.2 Å². The highest BCUT2D eigenvalue weighted by molar-refractivity contribution is 14.0. The summed E-state index contributed by atoms with van der Waals surface area (Å²) >= 11 is 0. The molecule has 1 aliphatic rings. The fourth-order valence-corrected chi connectivity index (χ4v) is 2.88. The van der Waals surface area contributed by atoms with Gasteiger partial charge in [-0.15, -0.1) is 24.0 Å². The molecule has 1 aliphatic heterocycles. The van der Waals surface area contributed by atoms with Crippen LogP contribution >= 0.6 is 24.0 Å². The normalized spacial score (nSPS) is 18.0. The van der Waals surface area contributed by atoms with Gasteiger partial charge in [0.25, 0.3) is 0 Å². The second kappa shape index (κ2) is 9.65. The number of aliphatic imine (C=N–C) groups is 1. The number of hydrogen-bond donors (Lipinski definition) is 3. The van der Waals surface area contributed by atoms with Crippen molar-refractivity contribution in [3.8, 4) is 5.75 Å². The lowest BCUT2D eigenvalue weighted by Crippen LogP contribution is -2.46. The Morgan fingerprint density at radius 3 is 2.92 bits per heavy atom. The zero-order valence-corrected chi connectivity index (χ0v) is 16.0. The van der Waals surface area contributed by atoms with Crippen LogP contribution in [0, 0.1) is 11.7 Å². The van der Waals surface area contributed by atoms with Crippen molar-refractivity contribution in [1.29, 1.82) is 0 Å². The summed E-state index contributed by atoms with van der Waals surface area (Å²) in [6.07, 6.45) is 2.35. The zero-order valence-electron chi connectivity index (χ0n) is 13.7. The van der Waals surface area contributed by atoms with Crippen molar-refractivity contribution in [2.75, 3.05) is 20.1 Å². The van der Waals surface area contributed by atoms with Gasteiger partial charge in [-0.25, -0.2) is 4.39 Å². The first kappa shape index (κ1) is 20.5. The van der Waals surface area contributed by atoms with E-state index < -0.39 is 5.82 Å². The third-order valence-electron chi connectivity index (χ3n) is 3.98. The third-order valence-corrected chi connectivity index (χ3v) is 3.98. The molecule has 1 saturated heterocycles. The first-order chi connectivity index (χ1) is 11.0. The number of hydrogen-bond acceptors (Lipinski definition) is 3. The van der Waals surface area contributed by atoms with Crippen molar-refractivity contribution < 1.29 is 14.3 Å². The predicted molar refractivity (Wildman–Crippen MR) is 102 cm³/mol. The number of guanidine groups is 1. The summed E-state index contributed by atoms with van der Waals surface area (Å²) in [7, 11) is 1.69. The maximum atomic E-state index is 13.4. The number of carbonyl (C=O) groups excluding carboxylic acids is 1. The Kier molecular flexibility index (Phi) is 8.23. The topological polar surface area (TPSA) is 91.0 Å². The van der Waals surface area contributed by atoms with E-state index in [1.807, 2.05) is 0 Å². The van der Waals surface area contributed by atoms with Gasteiger partial charge in [0.05, 0.1) is 0 Å². The quantitative estimate of drug-likeness (QED) is 0.371. The number of nitrogens with one attached hydrogen (secondary N) is 1. The van der Waals surface area contributed by atoms with E-state index in [9.17, 15) is 14.3 Å². The second-order valence-corrected chi connectivity index (χ2v) is 5.81. The number of halogens is 2. The van der Waals surface area contributed by atoms with Gasteiger partial charge in [-0.1, -0.05) is 6.07 Å². The van der Waals surface area contributed by atoms with E-state index in [1.54, 1.807) is 13.1 Å². The van der Waals surface area contributed by atoms with E-state index >= 15 is 0 Å². The SMILES string of the molecule is CN=C(NCc1ccc(O)c(F)c1)N1CCCC(CC(N)=O)C1.I. The molecule has 2 rings (SSSR count). The molecule has 1 heterocycles. The fraction of sp³-hybridized carbons (Fsp3) is 0.500. The molecule has 8 heteroatoms. The van der Waals surface area contributed by atoms with E-state index in [0.717, 1.165) is 25.9 Å². The van der Waals surface area contributed by atoms with Crippen molar-refractivity contribution in [3.63, 3.8) is 0 Å². The average molecular weight is 450 g/mol. The number of nitrogens with two attached hydrogens (primary N) is 1. The molecule has 0 bridgehead atoms. The number of phenolic OH excluding ortho intramolecular Hbond substituents is 1. The van der Waals surface area contributed by atoms with Crippen LogP contribution in [0.5, 0.6) is 5.75 Å². The molecule has 1 aromatic rings. The van der Waals surface area contributed by atoms with Crippen LogP contribution in [0.4, 0.5) is 4.39 Å². The number of aromatic hydroxyl groups is 1. The molecule has 0 radical (unpaired) electrons. The number of rotatable bonds is 4. The smallest absolute Gasteiger partial charge is 0.217 e. The van der Waals surface area contributed by atoms with E-state index in [-0.39, 0.29) is 41.6 Å². The summed E-state index contributed by atoms with van der Waals surface area (Å²) in [5.41, 5.74) is 5.99. The maximum absolute atomic E-state index is 13.4. The minimum Gasteiger partial charge on any atom is -0.505 e. The monoisotopic (exact) mass is 450 g/mol. The summed E-state index contributed by atoms with van der Waals surface area (Å²) < 4.78 is 13.4. The molecule has 24 heavy (non-hydrogen) atoms. The highest BCUT2D eigenvalue weighted by Gasteiger charge is 2.23. The fourth-order valence-electron chi connectivity index (χ4n) is 2.88. The number of carbonyl (C=O) groups is 1. The van der Waals surface area contributed by atoms with Crippen LogP contribution in [0.1, 0.15) is 24.8 Å². The Balaban J connectivity index is 0.00000288. The van der Waals surface area contributed by atoms with Gasteiger partial charge in [0, 0.05) is 33.1 Å². The van der Waals surface area contributed by atoms with Gasteiger partial charge in [0.1, 0.15) is 0 Å². The number of piperidine rings is 1. The maximum Gasteiger partial charge on any atom is 0.217 e. The first-order valence-electron chi connectivity index (χ1n) is 7.71. The van der Waals surface area contributed by atoms with Crippen molar-refractivity contribution in [2.45, 2.75) is 25.8 Å². The molecule has 6 nitrogen and oxygen atoms in total. The first-order valence-corrected chi connectivity index (χ1v) is 7.71. The largest absolute Gasteiger partial charge is 0.505 e. The number of amides is 1. The van der Waals surface area contributed by atoms with Crippen molar-refractivity contribution in [3.05, 3.63) is 29.6 Å². The average Bonchev–Trinajstić information content (AvgIpc) is 2.51. The molecule has 1 amide bonds. The van der Waals surface area contributed by atoms with Crippen LogP contribution in [-0.2, 0) is 11.3 Å². The standard InChI is InChI=1S/C16H23FN4O2.HI/c1-19-16(20-9-11-4-5-14(22)13(17)7-11)21-6-2-3-12(10-21)8-15(18)23;/h4-5,7,12,22H,2-3,6,8-10H2,1H3,(H2,18,23)(H,19,20);1H. The van der Waals surface area contributed by atoms with E-state index in [2.05, 4.69) is 15.2 Å². The molecular formula is C16H24FIN4O2. The van der Waals surface area contributed by atoms with E-state index in [4.69, 9.17) is 5.73 Å². The lowest BCUT2D eigenvalue weighted by molar-refractivity contribution is -0.119. The Bertz CT molecular complexity index is 597. The van der Waals surface area contributed by atoms with E-state index in [0.29, 0.717) is 24.5 Å². The summed E-state index contributed by atoms with van der Waals surface area (Å²) in [5, 5.41) is 12.4. The Hall–Kier alpha value is -1.58.